The summed E-state index contributed by atoms with van der Waals surface area (Å²) in [4.78, 5) is 18.4. The smallest absolute Gasteiger partial charge is 0.241 e. The van der Waals surface area contributed by atoms with E-state index in [0.29, 0.717) is 0 Å². The van der Waals surface area contributed by atoms with E-state index in [1.165, 1.54) is 18.6 Å². The first-order valence-electron chi connectivity index (χ1n) is 7.96. The number of halogens is 1. The molecule has 1 saturated heterocycles. The summed E-state index contributed by atoms with van der Waals surface area (Å²) in [6.45, 7) is 2.02. The summed E-state index contributed by atoms with van der Waals surface area (Å²) in [6, 6.07) is 9.98. The molecular weight excluding hydrogens is 293 g/mol. The number of rotatable bonds is 4. The van der Waals surface area contributed by atoms with Crippen LogP contribution < -0.4 is 5.32 Å². The Morgan fingerprint density at radius 1 is 1.09 bits per heavy atom. The molecule has 0 spiro atoms. The minimum atomic E-state index is -0.261. The van der Waals surface area contributed by atoms with E-state index >= 15 is 0 Å². The highest BCUT2D eigenvalue weighted by atomic mass is 19.1. The van der Waals surface area contributed by atoms with E-state index in [-0.39, 0.29) is 18.3 Å². The van der Waals surface area contributed by atoms with Crippen molar-refractivity contribution in [3.8, 4) is 11.3 Å². The molecule has 2 heterocycles. The molecule has 0 bridgehead atoms. The number of aromatic nitrogens is 1. The van der Waals surface area contributed by atoms with E-state index in [2.05, 4.69) is 10.3 Å². The Bertz CT molecular complexity index is 649. The summed E-state index contributed by atoms with van der Waals surface area (Å²) in [6.07, 6.45) is 5.10. The fraction of sp³-hybridized carbons (Fsp3) is 0.333. The zero-order valence-corrected chi connectivity index (χ0v) is 13.0. The zero-order valence-electron chi connectivity index (χ0n) is 13.0. The standard InChI is InChI=1S/C18H20FN3O/c19-15-6-4-14(5-7-15)17-9-8-16(12-21-17)20-13-18(23)22-10-2-1-3-11-22/h4-9,12,20H,1-3,10-11,13H2. The number of likely N-dealkylation sites (tertiary alicyclic amines) is 1. The van der Waals surface area contributed by atoms with Crippen LogP contribution in [-0.2, 0) is 4.79 Å². The van der Waals surface area contributed by atoms with Gasteiger partial charge in [-0.1, -0.05) is 0 Å². The molecule has 1 aliphatic heterocycles. The van der Waals surface area contributed by atoms with Crippen molar-refractivity contribution in [3.05, 3.63) is 48.4 Å². The molecule has 0 radical (unpaired) electrons. The molecule has 120 valence electrons. The van der Waals surface area contributed by atoms with Gasteiger partial charge in [0.05, 0.1) is 24.1 Å². The molecule has 0 aliphatic carbocycles. The van der Waals surface area contributed by atoms with Crippen molar-refractivity contribution in [2.75, 3.05) is 25.0 Å². The maximum Gasteiger partial charge on any atom is 0.241 e. The summed E-state index contributed by atoms with van der Waals surface area (Å²) < 4.78 is 12.9. The second-order valence-corrected chi connectivity index (χ2v) is 5.73. The molecule has 0 unspecified atom stereocenters. The molecule has 2 aromatic rings. The van der Waals surface area contributed by atoms with Crippen LogP contribution in [0.15, 0.2) is 42.6 Å². The number of carbonyl (C=O) groups is 1. The van der Waals surface area contributed by atoms with Crippen molar-refractivity contribution < 1.29 is 9.18 Å². The molecule has 4 nitrogen and oxygen atoms in total. The maximum absolute atomic E-state index is 12.9. The third-order valence-electron chi connectivity index (χ3n) is 4.06. The van der Waals surface area contributed by atoms with Crippen LogP contribution in [0, 0.1) is 5.82 Å². The van der Waals surface area contributed by atoms with Gasteiger partial charge in [-0.2, -0.15) is 0 Å². The Balaban J connectivity index is 1.57. The predicted molar refractivity (Wildman–Crippen MR) is 88.6 cm³/mol. The minimum absolute atomic E-state index is 0.132. The normalized spacial score (nSPS) is 14.6. The Morgan fingerprint density at radius 2 is 1.83 bits per heavy atom. The molecule has 3 rings (SSSR count). The molecule has 5 heteroatoms. The molecular formula is C18H20FN3O. The van der Waals surface area contributed by atoms with Gasteiger partial charge < -0.3 is 10.2 Å². The first-order valence-corrected chi connectivity index (χ1v) is 7.96. The van der Waals surface area contributed by atoms with Crippen LogP contribution in [0.4, 0.5) is 10.1 Å². The third kappa shape index (κ3) is 4.06. The fourth-order valence-corrected chi connectivity index (χ4v) is 2.72. The van der Waals surface area contributed by atoms with Crippen LogP contribution in [-0.4, -0.2) is 35.4 Å². The van der Waals surface area contributed by atoms with Gasteiger partial charge in [0.15, 0.2) is 0 Å². The van der Waals surface area contributed by atoms with E-state index in [1.54, 1.807) is 18.3 Å². The van der Waals surface area contributed by atoms with Crippen molar-refractivity contribution in [3.63, 3.8) is 0 Å². The van der Waals surface area contributed by atoms with Crippen molar-refractivity contribution in [2.45, 2.75) is 19.3 Å². The van der Waals surface area contributed by atoms with Crippen LogP contribution in [0.3, 0.4) is 0 Å². The molecule has 0 saturated carbocycles. The van der Waals surface area contributed by atoms with E-state index < -0.39 is 0 Å². The molecule has 0 atom stereocenters. The second-order valence-electron chi connectivity index (χ2n) is 5.73. The van der Waals surface area contributed by atoms with Crippen LogP contribution in [0.5, 0.6) is 0 Å². The summed E-state index contributed by atoms with van der Waals surface area (Å²) in [5, 5.41) is 3.12. The molecule has 1 fully saturated rings. The first kappa shape index (κ1) is 15.5. The van der Waals surface area contributed by atoms with Crippen LogP contribution in [0.25, 0.3) is 11.3 Å². The average Bonchev–Trinajstić information content (AvgIpc) is 2.61. The van der Waals surface area contributed by atoms with E-state index in [9.17, 15) is 9.18 Å². The fourth-order valence-electron chi connectivity index (χ4n) is 2.72. The number of anilines is 1. The molecule has 1 aliphatic rings. The second kappa shape index (κ2) is 7.22. The molecule has 1 N–H and O–H groups in total. The summed E-state index contributed by atoms with van der Waals surface area (Å²) in [7, 11) is 0. The predicted octanol–water partition coefficient (Wildman–Crippen LogP) is 3.31. The summed E-state index contributed by atoms with van der Waals surface area (Å²) >= 11 is 0. The van der Waals surface area contributed by atoms with Crippen molar-refractivity contribution in [1.29, 1.82) is 0 Å². The van der Waals surface area contributed by atoms with Gasteiger partial charge in [-0.25, -0.2) is 4.39 Å². The number of amides is 1. The SMILES string of the molecule is O=C(CNc1ccc(-c2ccc(F)cc2)nc1)N1CCCCC1. The molecule has 1 aromatic carbocycles. The van der Waals surface area contributed by atoms with Gasteiger partial charge in [0.25, 0.3) is 0 Å². The van der Waals surface area contributed by atoms with Crippen LogP contribution >= 0.6 is 0 Å². The van der Waals surface area contributed by atoms with Gasteiger partial charge in [-0.05, 0) is 55.7 Å². The zero-order chi connectivity index (χ0) is 16.1. The number of piperidine rings is 1. The van der Waals surface area contributed by atoms with Crippen LogP contribution in [0.1, 0.15) is 19.3 Å². The highest BCUT2D eigenvalue weighted by Crippen LogP contribution is 2.19. The molecule has 1 amide bonds. The van der Waals surface area contributed by atoms with Crippen LogP contribution in [0.2, 0.25) is 0 Å². The quantitative estimate of drug-likeness (QED) is 0.942. The van der Waals surface area contributed by atoms with E-state index in [4.69, 9.17) is 0 Å². The Labute approximate surface area is 135 Å². The highest BCUT2D eigenvalue weighted by Gasteiger charge is 2.15. The Kier molecular flexibility index (Phi) is 4.86. The summed E-state index contributed by atoms with van der Waals surface area (Å²) in [5.41, 5.74) is 2.45. The molecule has 1 aromatic heterocycles. The highest BCUT2D eigenvalue weighted by molar-refractivity contribution is 5.81. The third-order valence-corrected chi connectivity index (χ3v) is 4.06. The van der Waals surface area contributed by atoms with E-state index in [0.717, 1.165) is 42.9 Å². The topological polar surface area (TPSA) is 45.2 Å². The number of carbonyl (C=O) groups excluding carboxylic acids is 1. The van der Waals surface area contributed by atoms with Gasteiger partial charge >= 0.3 is 0 Å². The van der Waals surface area contributed by atoms with Gasteiger partial charge in [0, 0.05) is 18.7 Å². The van der Waals surface area contributed by atoms with Gasteiger partial charge in [-0.3, -0.25) is 9.78 Å². The number of nitrogens with one attached hydrogen (secondary N) is 1. The number of nitrogens with zero attached hydrogens (tertiary/aromatic N) is 2. The maximum atomic E-state index is 12.9. The van der Waals surface area contributed by atoms with Crippen molar-refractivity contribution in [2.24, 2.45) is 0 Å². The van der Waals surface area contributed by atoms with Gasteiger partial charge in [-0.15, -0.1) is 0 Å². The molecule has 23 heavy (non-hydrogen) atoms. The lowest BCUT2D eigenvalue weighted by molar-refractivity contribution is -0.130. The first-order chi connectivity index (χ1) is 11.2. The van der Waals surface area contributed by atoms with E-state index in [1.807, 2.05) is 17.0 Å². The number of hydrogen-bond donors (Lipinski definition) is 1. The average molecular weight is 313 g/mol. The Morgan fingerprint density at radius 3 is 2.48 bits per heavy atom. The van der Waals surface area contributed by atoms with Crippen molar-refractivity contribution >= 4 is 11.6 Å². The lowest BCUT2D eigenvalue weighted by atomic mass is 10.1. The van der Waals surface area contributed by atoms with Gasteiger partial charge in [0.2, 0.25) is 5.91 Å². The largest absolute Gasteiger partial charge is 0.375 e. The monoisotopic (exact) mass is 313 g/mol. The van der Waals surface area contributed by atoms with Crippen molar-refractivity contribution in [1.82, 2.24) is 9.88 Å². The number of benzene rings is 1. The summed E-state index contributed by atoms with van der Waals surface area (Å²) in [5.74, 6) is -0.129. The number of hydrogen-bond acceptors (Lipinski definition) is 3. The Hall–Kier alpha value is -2.43. The van der Waals surface area contributed by atoms with Gasteiger partial charge in [0.1, 0.15) is 5.82 Å². The lowest BCUT2D eigenvalue weighted by Crippen LogP contribution is -2.39. The number of pyridine rings is 1. The lowest BCUT2D eigenvalue weighted by Gasteiger charge is -2.26. The minimum Gasteiger partial charge on any atom is -0.375 e.